The molecule has 0 radical (unpaired) electrons. The molecule has 6 heteroatoms. The first kappa shape index (κ1) is 15.1. The van der Waals surface area contributed by atoms with Crippen molar-refractivity contribution in [3.8, 4) is 0 Å². The summed E-state index contributed by atoms with van der Waals surface area (Å²) in [6.07, 6.45) is -0.621. The van der Waals surface area contributed by atoms with Gasteiger partial charge in [-0.1, -0.05) is 18.2 Å². The van der Waals surface area contributed by atoms with Gasteiger partial charge in [0.25, 0.3) is 5.56 Å². The van der Waals surface area contributed by atoms with Crippen LogP contribution in [-0.4, -0.2) is 58.7 Å². The van der Waals surface area contributed by atoms with Crippen molar-refractivity contribution < 1.29 is 9.84 Å². The number of β-amino-alcohol motifs (C(OH)–C–C–N with tert-alkyl or cyclic N) is 1. The van der Waals surface area contributed by atoms with Gasteiger partial charge in [-0.25, -0.2) is 4.68 Å². The highest BCUT2D eigenvalue weighted by Crippen LogP contribution is 2.12. The standard InChI is InChI=1S/C16H21N3O3/c1-12-14-4-2-3-5-15(14)16(21)19(17-12)11-13(20)10-18-6-8-22-9-7-18/h2-5,13,20H,6-11H2,1H3/t13-/m1/s1. The van der Waals surface area contributed by atoms with E-state index >= 15 is 0 Å². The van der Waals surface area contributed by atoms with Crippen LogP contribution in [0.15, 0.2) is 29.1 Å². The van der Waals surface area contributed by atoms with Crippen molar-refractivity contribution in [2.75, 3.05) is 32.8 Å². The van der Waals surface area contributed by atoms with E-state index in [9.17, 15) is 9.90 Å². The molecule has 0 spiro atoms. The largest absolute Gasteiger partial charge is 0.390 e. The Hall–Kier alpha value is -1.76. The second-order valence-electron chi connectivity index (χ2n) is 5.69. The maximum atomic E-state index is 12.5. The van der Waals surface area contributed by atoms with Gasteiger partial charge < -0.3 is 9.84 Å². The molecule has 0 bridgehead atoms. The van der Waals surface area contributed by atoms with Gasteiger partial charge in [0.1, 0.15) is 0 Å². The first-order valence-corrected chi connectivity index (χ1v) is 7.60. The van der Waals surface area contributed by atoms with E-state index in [2.05, 4.69) is 10.00 Å². The molecular formula is C16H21N3O3. The second kappa shape index (κ2) is 6.56. The smallest absolute Gasteiger partial charge is 0.274 e. The highest BCUT2D eigenvalue weighted by molar-refractivity contribution is 5.83. The maximum Gasteiger partial charge on any atom is 0.274 e. The molecule has 1 atom stereocenters. The highest BCUT2D eigenvalue weighted by Gasteiger charge is 2.17. The zero-order valence-corrected chi connectivity index (χ0v) is 12.7. The number of benzene rings is 1. The Labute approximate surface area is 128 Å². The third kappa shape index (κ3) is 3.19. The molecule has 0 unspecified atom stereocenters. The molecule has 2 aromatic rings. The first-order chi connectivity index (χ1) is 10.6. The Morgan fingerprint density at radius 1 is 1.23 bits per heavy atom. The van der Waals surface area contributed by atoms with Crippen LogP contribution in [0.2, 0.25) is 0 Å². The molecule has 1 fully saturated rings. The molecule has 3 rings (SSSR count). The molecule has 1 N–H and O–H groups in total. The molecular weight excluding hydrogens is 282 g/mol. The molecule has 2 heterocycles. The van der Waals surface area contributed by atoms with Crippen molar-refractivity contribution in [1.82, 2.24) is 14.7 Å². The molecule has 6 nitrogen and oxygen atoms in total. The van der Waals surface area contributed by atoms with Gasteiger partial charge in [0.15, 0.2) is 0 Å². The molecule has 22 heavy (non-hydrogen) atoms. The summed E-state index contributed by atoms with van der Waals surface area (Å²) in [5.74, 6) is 0. The van der Waals surface area contributed by atoms with Crippen LogP contribution in [0.1, 0.15) is 5.69 Å². The van der Waals surface area contributed by atoms with Crippen molar-refractivity contribution in [2.24, 2.45) is 0 Å². The summed E-state index contributed by atoms with van der Waals surface area (Å²) in [6, 6.07) is 7.44. The summed E-state index contributed by atoms with van der Waals surface area (Å²) in [6.45, 7) is 5.64. The number of rotatable bonds is 4. The van der Waals surface area contributed by atoms with Gasteiger partial charge in [-0.3, -0.25) is 9.69 Å². The lowest BCUT2D eigenvalue weighted by atomic mass is 10.1. The first-order valence-electron chi connectivity index (χ1n) is 7.60. The number of aryl methyl sites for hydroxylation is 1. The van der Waals surface area contributed by atoms with Crippen LogP contribution in [0, 0.1) is 6.92 Å². The molecule has 1 aromatic carbocycles. The third-order valence-corrected chi connectivity index (χ3v) is 4.01. The van der Waals surface area contributed by atoms with Crippen molar-refractivity contribution in [3.63, 3.8) is 0 Å². The molecule has 0 saturated carbocycles. The van der Waals surface area contributed by atoms with Gasteiger partial charge in [0.05, 0.1) is 36.9 Å². The predicted molar refractivity (Wildman–Crippen MR) is 84.0 cm³/mol. The van der Waals surface area contributed by atoms with E-state index < -0.39 is 6.10 Å². The maximum absolute atomic E-state index is 12.5. The average Bonchev–Trinajstić information content (AvgIpc) is 2.53. The molecule has 118 valence electrons. The monoisotopic (exact) mass is 303 g/mol. The average molecular weight is 303 g/mol. The van der Waals surface area contributed by atoms with Crippen molar-refractivity contribution in [1.29, 1.82) is 0 Å². The van der Waals surface area contributed by atoms with E-state index in [1.165, 1.54) is 4.68 Å². The van der Waals surface area contributed by atoms with Crippen molar-refractivity contribution >= 4 is 10.8 Å². The Kier molecular flexibility index (Phi) is 4.52. The number of aromatic nitrogens is 2. The van der Waals surface area contributed by atoms with Crippen molar-refractivity contribution in [3.05, 3.63) is 40.3 Å². The summed E-state index contributed by atoms with van der Waals surface area (Å²) >= 11 is 0. The Morgan fingerprint density at radius 2 is 1.91 bits per heavy atom. The number of ether oxygens (including phenoxy) is 1. The van der Waals surface area contributed by atoms with Crippen LogP contribution >= 0.6 is 0 Å². The van der Waals surface area contributed by atoms with Gasteiger partial charge in [0.2, 0.25) is 0 Å². The number of hydrogen-bond donors (Lipinski definition) is 1. The fourth-order valence-electron chi connectivity index (χ4n) is 2.87. The Balaban J connectivity index is 1.78. The van der Waals surface area contributed by atoms with Gasteiger partial charge in [-0.15, -0.1) is 0 Å². The summed E-state index contributed by atoms with van der Waals surface area (Å²) in [5.41, 5.74) is 0.649. The molecule has 0 amide bonds. The topological polar surface area (TPSA) is 67.6 Å². The Bertz CT molecular complexity index is 707. The minimum Gasteiger partial charge on any atom is -0.390 e. The SMILES string of the molecule is Cc1nn(C[C@H](O)CN2CCOCC2)c(=O)c2ccccc12. The van der Waals surface area contributed by atoms with E-state index in [1.807, 2.05) is 25.1 Å². The lowest BCUT2D eigenvalue weighted by Crippen LogP contribution is -2.43. The van der Waals surface area contributed by atoms with Crippen LogP contribution in [0.5, 0.6) is 0 Å². The van der Waals surface area contributed by atoms with E-state index in [-0.39, 0.29) is 12.1 Å². The third-order valence-electron chi connectivity index (χ3n) is 4.01. The van der Waals surface area contributed by atoms with E-state index in [1.54, 1.807) is 6.07 Å². The number of aliphatic hydroxyl groups excluding tert-OH is 1. The van der Waals surface area contributed by atoms with Crippen LogP contribution in [-0.2, 0) is 11.3 Å². The van der Waals surface area contributed by atoms with Gasteiger partial charge in [-0.2, -0.15) is 5.10 Å². The summed E-state index contributed by atoms with van der Waals surface area (Å²) in [4.78, 5) is 14.6. The van der Waals surface area contributed by atoms with Crippen molar-refractivity contribution in [2.45, 2.75) is 19.6 Å². The zero-order valence-electron chi connectivity index (χ0n) is 12.7. The van der Waals surface area contributed by atoms with Gasteiger partial charge >= 0.3 is 0 Å². The lowest BCUT2D eigenvalue weighted by molar-refractivity contribution is 0.0105. The number of morpholine rings is 1. The van der Waals surface area contributed by atoms with Gasteiger partial charge in [-0.05, 0) is 13.0 Å². The minimum absolute atomic E-state index is 0.151. The van der Waals surface area contributed by atoms with E-state index in [4.69, 9.17) is 4.74 Å². The molecule has 1 aliphatic heterocycles. The molecule has 1 aliphatic rings. The summed E-state index contributed by atoms with van der Waals surface area (Å²) in [5, 5.41) is 16.1. The minimum atomic E-state index is -0.621. The van der Waals surface area contributed by atoms with E-state index in [0.29, 0.717) is 25.1 Å². The number of hydrogen-bond acceptors (Lipinski definition) is 5. The molecule has 1 saturated heterocycles. The summed E-state index contributed by atoms with van der Waals surface area (Å²) < 4.78 is 6.67. The van der Waals surface area contributed by atoms with Crippen LogP contribution in [0.4, 0.5) is 0 Å². The van der Waals surface area contributed by atoms with Gasteiger partial charge in [0, 0.05) is 25.0 Å². The quantitative estimate of drug-likeness (QED) is 0.885. The van der Waals surface area contributed by atoms with Crippen LogP contribution in [0.3, 0.4) is 0 Å². The number of fused-ring (bicyclic) bond motifs is 1. The summed E-state index contributed by atoms with van der Waals surface area (Å²) in [7, 11) is 0. The predicted octanol–water partition coefficient (Wildman–Crippen LogP) is 0.398. The molecule has 1 aromatic heterocycles. The lowest BCUT2D eigenvalue weighted by Gasteiger charge is -2.28. The highest BCUT2D eigenvalue weighted by atomic mass is 16.5. The second-order valence-corrected chi connectivity index (χ2v) is 5.69. The fourth-order valence-corrected chi connectivity index (χ4v) is 2.87. The molecule has 0 aliphatic carbocycles. The number of aliphatic hydroxyl groups is 1. The normalized spacial score (nSPS) is 17.7. The van der Waals surface area contributed by atoms with Crippen LogP contribution in [0.25, 0.3) is 10.8 Å². The fraction of sp³-hybridized carbons (Fsp3) is 0.500. The van der Waals surface area contributed by atoms with Crippen LogP contribution < -0.4 is 5.56 Å². The van der Waals surface area contributed by atoms with E-state index in [0.717, 1.165) is 24.2 Å². The number of nitrogens with zero attached hydrogens (tertiary/aromatic N) is 3. The Morgan fingerprint density at radius 3 is 2.64 bits per heavy atom. The zero-order chi connectivity index (χ0) is 15.5.